The predicted octanol–water partition coefficient (Wildman–Crippen LogP) is 3.73. The van der Waals surface area contributed by atoms with Gasteiger partial charge in [0.05, 0.1) is 0 Å². The Morgan fingerprint density at radius 2 is 1.62 bits per heavy atom. The van der Waals surface area contributed by atoms with Crippen LogP contribution < -0.4 is 5.32 Å². The lowest BCUT2D eigenvalue weighted by Gasteiger charge is -2.57. The normalized spacial score (nSPS) is 43.2. The summed E-state index contributed by atoms with van der Waals surface area (Å²) in [6.45, 7) is 4.22. The van der Waals surface area contributed by atoms with Gasteiger partial charge in [0.1, 0.15) is 4.75 Å². The van der Waals surface area contributed by atoms with Crippen LogP contribution in [0.25, 0.3) is 0 Å². The maximum absolute atomic E-state index is 12.3. The lowest BCUT2D eigenvalue weighted by molar-refractivity contribution is -0.119. The number of amidine groups is 1. The van der Waals surface area contributed by atoms with Crippen molar-refractivity contribution in [3.63, 3.8) is 0 Å². The van der Waals surface area contributed by atoms with E-state index < -0.39 is 0 Å². The van der Waals surface area contributed by atoms with Gasteiger partial charge in [-0.1, -0.05) is 25.6 Å². The van der Waals surface area contributed by atoms with Crippen LogP contribution in [0.15, 0.2) is 4.99 Å². The summed E-state index contributed by atoms with van der Waals surface area (Å²) < 4.78 is -0.287. The standard InChI is InChI=1S/C17H26N2OS/c1-3-17(4-2)14(20)18-15(21-17)19-16-8-11-5-12(9-16)7-13(6-11)10-16/h11-13H,3-10H2,1-2H3,(H,18,19,20). The van der Waals surface area contributed by atoms with Crippen LogP contribution >= 0.6 is 11.8 Å². The molecule has 4 fully saturated rings. The largest absolute Gasteiger partial charge is 0.359 e. The minimum absolute atomic E-state index is 0.0877. The van der Waals surface area contributed by atoms with Crippen LogP contribution in [0.3, 0.4) is 0 Å². The number of carbonyl (C=O) groups is 1. The fraction of sp³-hybridized carbons (Fsp3) is 0.882. The van der Waals surface area contributed by atoms with Crippen LogP contribution in [-0.4, -0.2) is 21.4 Å². The van der Waals surface area contributed by atoms with Crippen LogP contribution in [0.1, 0.15) is 65.2 Å². The molecule has 4 bridgehead atoms. The van der Waals surface area contributed by atoms with Crippen molar-refractivity contribution < 1.29 is 4.79 Å². The lowest BCUT2D eigenvalue weighted by atomic mass is 9.53. The molecular weight excluding hydrogens is 280 g/mol. The number of amides is 1. The van der Waals surface area contributed by atoms with E-state index in [-0.39, 0.29) is 16.2 Å². The Bertz CT molecular complexity index is 460. The van der Waals surface area contributed by atoms with E-state index in [2.05, 4.69) is 24.2 Å². The van der Waals surface area contributed by atoms with Gasteiger partial charge in [-0.15, -0.1) is 0 Å². The molecule has 1 heterocycles. The molecule has 0 aromatic heterocycles. The number of nitrogens with zero attached hydrogens (tertiary/aromatic N) is 1. The molecule has 4 aliphatic carbocycles. The summed E-state index contributed by atoms with van der Waals surface area (Å²) in [6, 6.07) is 0. The van der Waals surface area contributed by atoms with Crippen LogP contribution in [-0.2, 0) is 4.79 Å². The Morgan fingerprint density at radius 1 is 1.10 bits per heavy atom. The van der Waals surface area contributed by atoms with Gasteiger partial charge in [-0.3, -0.25) is 4.79 Å². The van der Waals surface area contributed by atoms with Crippen molar-refractivity contribution in [2.45, 2.75) is 75.5 Å². The SMILES string of the molecule is CCC1(CC)SC(NC23CC4CC(CC(C4)C2)C3)=NC1=O. The molecule has 21 heavy (non-hydrogen) atoms. The summed E-state index contributed by atoms with van der Waals surface area (Å²) in [7, 11) is 0. The fourth-order valence-electron chi connectivity index (χ4n) is 5.69. The zero-order valence-corrected chi connectivity index (χ0v) is 14.0. The molecule has 4 saturated carbocycles. The average Bonchev–Trinajstić information content (AvgIpc) is 2.72. The van der Waals surface area contributed by atoms with Crippen molar-refractivity contribution in [3.8, 4) is 0 Å². The van der Waals surface area contributed by atoms with E-state index in [1.165, 1.54) is 38.5 Å². The average molecular weight is 306 g/mol. The molecule has 1 N–H and O–H groups in total. The third-order valence-corrected chi connectivity index (χ3v) is 7.97. The highest BCUT2D eigenvalue weighted by molar-refractivity contribution is 8.16. The zero-order valence-electron chi connectivity index (χ0n) is 13.2. The molecule has 0 saturated heterocycles. The molecule has 5 aliphatic rings. The van der Waals surface area contributed by atoms with Gasteiger partial charge < -0.3 is 5.32 Å². The molecule has 1 amide bonds. The monoisotopic (exact) mass is 306 g/mol. The summed E-state index contributed by atoms with van der Waals surface area (Å²) in [5.74, 6) is 2.86. The van der Waals surface area contributed by atoms with Gasteiger partial charge >= 0.3 is 0 Å². The van der Waals surface area contributed by atoms with Crippen LogP contribution in [0.2, 0.25) is 0 Å². The zero-order chi connectivity index (χ0) is 14.7. The molecule has 0 aromatic carbocycles. The summed E-state index contributed by atoms with van der Waals surface area (Å²) >= 11 is 1.70. The highest BCUT2D eigenvalue weighted by Crippen LogP contribution is 2.56. The summed E-state index contributed by atoms with van der Waals surface area (Å²) in [6.07, 6.45) is 10.0. The number of rotatable bonds is 3. The molecule has 116 valence electrons. The maximum atomic E-state index is 12.3. The van der Waals surface area contributed by atoms with Crippen LogP contribution in [0.5, 0.6) is 0 Å². The number of carbonyl (C=O) groups excluding carboxylic acids is 1. The number of nitrogens with one attached hydrogen (secondary N) is 1. The molecule has 0 atom stereocenters. The first-order valence-electron chi connectivity index (χ1n) is 8.67. The second kappa shape index (κ2) is 4.74. The smallest absolute Gasteiger partial charge is 0.264 e. The second-order valence-electron chi connectivity index (χ2n) is 7.85. The van der Waals surface area contributed by atoms with Gasteiger partial charge in [-0.05, 0) is 69.1 Å². The summed E-state index contributed by atoms with van der Waals surface area (Å²) in [5.41, 5.74) is 0.262. The number of hydrogen-bond acceptors (Lipinski definition) is 3. The van der Waals surface area contributed by atoms with E-state index in [0.29, 0.717) is 0 Å². The van der Waals surface area contributed by atoms with Gasteiger partial charge in [0.15, 0.2) is 5.17 Å². The van der Waals surface area contributed by atoms with E-state index in [9.17, 15) is 4.79 Å². The Balaban J connectivity index is 1.52. The van der Waals surface area contributed by atoms with Crippen LogP contribution in [0, 0.1) is 17.8 Å². The Labute approximate surface area is 131 Å². The van der Waals surface area contributed by atoms with Gasteiger partial charge in [0.25, 0.3) is 5.91 Å². The maximum Gasteiger partial charge on any atom is 0.264 e. The van der Waals surface area contributed by atoms with Crippen molar-refractivity contribution in [3.05, 3.63) is 0 Å². The van der Waals surface area contributed by atoms with Crippen molar-refractivity contribution in [2.75, 3.05) is 0 Å². The Morgan fingerprint density at radius 3 is 2.05 bits per heavy atom. The third-order valence-electron chi connectivity index (χ3n) is 6.44. The minimum atomic E-state index is -0.287. The molecule has 0 spiro atoms. The van der Waals surface area contributed by atoms with E-state index in [4.69, 9.17) is 0 Å². The fourth-order valence-corrected chi connectivity index (χ4v) is 6.87. The lowest BCUT2D eigenvalue weighted by Crippen LogP contribution is -2.59. The molecule has 0 aromatic rings. The van der Waals surface area contributed by atoms with Crippen molar-refractivity contribution in [2.24, 2.45) is 22.7 Å². The Hall–Kier alpha value is -0.510. The van der Waals surface area contributed by atoms with E-state index in [1.807, 2.05) is 0 Å². The van der Waals surface area contributed by atoms with Gasteiger partial charge in [0.2, 0.25) is 0 Å². The molecule has 0 radical (unpaired) electrons. The molecular formula is C17H26N2OS. The topological polar surface area (TPSA) is 41.5 Å². The summed E-state index contributed by atoms with van der Waals surface area (Å²) in [5, 5.41) is 4.69. The van der Waals surface area contributed by atoms with Crippen molar-refractivity contribution in [1.82, 2.24) is 5.32 Å². The van der Waals surface area contributed by atoms with Gasteiger partial charge in [-0.25, -0.2) is 0 Å². The first-order chi connectivity index (χ1) is 10.1. The highest BCUT2D eigenvalue weighted by Gasteiger charge is 2.52. The van der Waals surface area contributed by atoms with Gasteiger partial charge in [0, 0.05) is 5.54 Å². The quantitative estimate of drug-likeness (QED) is 0.863. The molecule has 1 aliphatic heterocycles. The first kappa shape index (κ1) is 14.1. The molecule has 3 nitrogen and oxygen atoms in total. The highest BCUT2D eigenvalue weighted by atomic mass is 32.2. The second-order valence-corrected chi connectivity index (χ2v) is 9.22. The predicted molar refractivity (Wildman–Crippen MR) is 87.4 cm³/mol. The molecule has 5 rings (SSSR count). The third kappa shape index (κ3) is 2.16. The first-order valence-corrected chi connectivity index (χ1v) is 9.48. The van der Waals surface area contributed by atoms with Gasteiger partial charge in [-0.2, -0.15) is 4.99 Å². The minimum Gasteiger partial charge on any atom is -0.359 e. The number of thioether (sulfide) groups is 1. The van der Waals surface area contributed by atoms with E-state index in [0.717, 1.165) is 35.8 Å². The number of hydrogen-bond donors (Lipinski definition) is 1. The summed E-state index contributed by atoms with van der Waals surface area (Å²) in [4.78, 5) is 16.7. The van der Waals surface area contributed by atoms with Crippen molar-refractivity contribution >= 4 is 22.8 Å². The molecule has 4 heteroatoms. The van der Waals surface area contributed by atoms with E-state index >= 15 is 0 Å². The van der Waals surface area contributed by atoms with Crippen molar-refractivity contribution in [1.29, 1.82) is 0 Å². The molecule has 0 unspecified atom stereocenters. The van der Waals surface area contributed by atoms with Crippen LogP contribution in [0.4, 0.5) is 0 Å². The number of aliphatic imine (C=N–C) groups is 1. The van der Waals surface area contributed by atoms with E-state index in [1.54, 1.807) is 11.8 Å². The Kier molecular flexibility index (Phi) is 3.18.